The molecule has 1 N–H and O–H groups in total. The molecule has 2 rings (SSSR count). The van der Waals surface area contributed by atoms with Gasteiger partial charge in [-0.05, 0) is 51.5 Å². The van der Waals surface area contributed by atoms with Gasteiger partial charge in [-0.2, -0.15) is 0 Å². The number of piperidine rings is 1. The summed E-state index contributed by atoms with van der Waals surface area (Å²) in [7, 11) is 4.15. The van der Waals surface area contributed by atoms with Gasteiger partial charge in [-0.3, -0.25) is 4.98 Å². The number of nitrogens with zero attached hydrogens (tertiary/aromatic N) is 3. The summed E-state index contributed by atoms with van der Waals surface area (Å²) in [5.74, 6) is 0. The van der Waals surface area contributed by atoms with E-state index in [1.807, 2.05) is 12.3 Å². The quantitative estimate of drug-likeness (QED) is 0.915. The Kier molecular flexibility index (Phi) is 4.60. The van der Waals surface area contributed by atoms with Gasteiger partial charge in [0, 0.05) is 30.9 Å². The lowest BCUT2D eigenvalue weighted by atomic mass is 9.71. The lowest BCUT2D eigenvalue weighted by molar-refractivity contribution is 0.111. The van der Waals surface area contributed by atoms with Crippen molar-refractivity contribution in [2.24, 2.45) is 0 Å². The van der Waals surface area contributed by atoms with Crippen LogP contribution in [0.2, 0.25) is 0 Å². The molecular weight excluding hydrogens is 254 g/mol. The van der Waals surface area contributed by atoms with E-state index in [2.05, 4.69) is 30.0 Å². The van der Waals surface area contributed by atoms with Crippen LogP contribution in [0.3, 0.4) is 0 Å². The molecular formula is C15H23N3O2. The maximum atomic E-state index is 11.1. The molecule has 0 bridgehead atoms. The predicted octanol–water partition coefficient (Wildman–Crippen LogP) is 2.04. The van der Waals surface area contributed by atoms with E-state index in [9.17, 15) is 4.79 Å². The molecule has 1 saturated heterocycles. The van der Waals surface area contributed by atoms with Gasteiger partial charge in [0.25, 0.3) is 0 Å². The first-order valence-corrected chi connectivity index (χ1v) is 7.07. The second-order valence-corrected chi connectivity index (χ2v) is 5.84. The highest BCUT2D eigenvalue weighted by atomic mass is 16.4. The first-order valence-electron chi connectivity index (χ1n) is 7.07. The van der Waals surface area contributed by atoms with Gasteiger partial charge in [-0.15, -0.1) is 0 Å². The van der Waals surface area contributed by atoms with Crippen LogP contribution in [0.5, 0.6) is 0 Å². The monoisotopic (exact) mass is 277 g/mol. The Labute approximate surface area is 120 Å². The van der Waals surface area contributed by atoms with Gasteiger partial charge in [-0.1, -0.05) is 6.07 Å². The van der Waals surface area contributed by atoms with Crippen LogP contribution in [0.25, 0.3) is 0 Å². The largest absolute Gasteiger partial charge is 0.465 e. The molecule has 1 fully saturated rings. The molecule has 2 heterocycles. The van der Waals surface area contributed by atoms with Crippen molar-refractivity contribution in [3.8, 4) is 0 Å². The lowest BCUT2D eigenvalue weighted by Crippen LogP contribution is -2.45. The van der Waals surface area contributed by atoms with Crippen LogP contribution in [0.4, 0.5) is 4.79 Å². The Morgan fingerprint density at radius 2 is 2.15 bits per heavy atom. The number of pyridine rings is 1. The minimum atomic E-state index is -0.808. The van der Waals surface area contributed by atoms with Crippen LogP contribution in [0.1, 0.15) is 24.8 Å². The van der Waals surface area contributed by atoms with Crippen LogP contribution >= 0.6 is 0 Å². The summed E-state index contributed by atoms with van der Waals surface area (Å²) in [6, 6.07) is 4.09. The summed E-state index contributed by atoms with van der Waals surface area (Å²) in [5, 5.41) is 9.10. The molecule has 0 saturated carbocycles. The van der Waals surface area contributed by atoms with Crippen molar-refractivity contribution in [1.29, 1.82) is 0 Å². The number of rotatable bonds is 4. The molecule has 110 valence electrons. The van der Waals surface area contributed by atoms with E-state index in [1.165, 1.54) is 10.5 Å². The fourth-order valence-corrected chi connectivity index (χ4v) is 2.92. The molecule has 1 aliphatic heterocycles. The molecule has 0 spiro atoms. The molecule has 0 atom stereocenters. The van der Waals surface area contributed by atoms with Crippen LogP contribution in [0, 0.1) is 0 Å². The highest BCUT2D eigenvalue weighted by molar-refractivity contribution is 5.65. The van der Waals surface area contributed by atoms with Crippen molar-refractivity contribution in [3.05, 3.63) is 30.1 Å². The third-order valence-corrected chi connectivity index (χ3v) is 4.30. The lowest BCUT2D eigenvalue weighted by Gasteiger charge is -2.42. The van der Waals surface area contributed by atoms with E-state index in [4.69, 9.17) is 5.11 Å². The van der Waals surface area contributed by atoms with Gasteiger partial charge in [-0.25, -0.2) is 4.79 Å². The Bertz CT molecular complexity index is 440. The standard InChI is InChI=1S/C15H23N3O2/c1-17(2)9-5-15(13-4-3-8-16-12-13)6-10-18(11-7-15)14(19)20/h3-4,8,12H,5-7,9-11H2,1-2H3,(H,19,20). The van der Waals surface area contributed by atoms with E-state index in [-0.39, 0.29) is 5.41 Å². The number of hydrogen-bond donors (Lipinski definition) is 1. The summed E-state index contributed by atoms with van der Waals surface area (Å²) in [4.78, 5) is 19.0. The predicted molar refractivity (Wildman–Crippen MR) is 77.9 cm³/mol. The second-order valence-electron chi connectivity index (χ2n) is 5.84. The number of likely N-dealkylation sites (tertiary alicyclic amines) is 1. The summed E-state index contributed by atoms with van der Waals surface area (Å²) >= 11 is 0. The first-order chi connectivity index (χ1) is 9.53. The molecule has 0 aromatic carbocycles. The molecule has 0 unspecified atom stereocenters. The van der Waals surface area contributed by atoms with Crippen LogP contribution < -0.4 is 0 Å². The summed E-state index contributed by atoms with van der Waals surface area (Å²) in [5.41, 5.74) is 1.30. The Balaban J connectivity index is 2.16. The van der Waals surface area contributed by atoms with Crippen molar-refractivity contribution < 1.29 is 9.90 Å². The first kappa shape index (κ1) is 14.8. The van der Waals surface area contributed by atoms with Gasteiger partial charge in [0.2, 0.25) is 0 Å². The third kappa shape index (κ3) is 3.28. The van der Waals surface area contributed by atoms with E-state index < -0.39 is 6.09 Å². The molecule has 0 aliphatic carbocycles. The van der Waals surface area contributed by atoms with Crippen molar-refractivity contribution in [1.82, 2.24) is 14.8 Å². The van der Waals surface area contributed by atoms with Gasteiger partial charge in [0.05, 0.1) is 0 Å². The number of hydrogen-bond acceptors (Lipinski definition) is 3. The fourth-order valence-electron chi connectivity index (χ4n) is 2.92. The van der Waals surface area contributed by atoms with Crippen molar-refractivity contribution in [3.63, 3.8) is 0 Å². The molecule has 5 nitrogen and oxygen atoms in total. The maximum absolute atomic E-state index is 11.1. The third-order valence-electron chi connectivity index (χ3n) is 4.30. The van der Waals surface area contributed by atoms with Crippen LogP contribution in [-0.4, -0.2) is 59.7 Å². The minimum Gasteiger partial charge on any atom is -0.465 e. The van der Waals surface area contributed by atoms with Gasteiger partial charge < -0.3 is 14.9 Å². The highest BCUT2D eigenvalue weighted by Crippen LogP contribution is 2.38. The van der Waals surface area contributed by atoms with Crippen molar-refractivity contribution in [2.75, 3.05) is 33.7 Å². The Morgan fingerprint density at radius 1 is 1.45 bits per heavy atom. The highest BCUT2D eigenvalue weighted by Gasteiger charge is 2.37. The van der Waals surface area contributed by atoms with Gasteiger partial charge in [0.1, 0.15) is 0 Å². The van der Waals surface area contributed by atoms with Gasteiger partial charge in [0.15, 0.2) is 0 Å². The van der Waals surface area contributed by atoms with Gasteiger partial charge >= 0.3 is 6.09 Å². The smallest absolute Gasteiger partial charge is 0.407 e. The normalized spacial score (nSPS) is 18.2. The number of carbonyl (C=O) groups is 1. The van der Waals surface area contributed by atoms with Crippen LogP contribution in [-0.2, 0) is 5.41 Å². The van der Waals surface area contributed by atoms with Crippen LogP contribution in [0.15, 0.2) is 24.5 Å². The summed E-state index contributed by atoms with van der Waals surface area (Å²) < 4.78 is 0. The SMILES string of the molecule is CN(C)CCC1(c2cccnc2)CCN(C(=O)O)CC1. The van der Waals surface area contributed by atoms with E-state index in [1.54, 1.807) is 6.20 Å². The molecule has 0 radical (unpaired) electrons. The molecule has 1 amide bonds. The zero-order valence-corrected chi connectivity index (χ0v) is 12.2. The second kappa shape index (κ2) is 6.22. The van der Waals surface area contributed by atoms with E-state index in [0.29, 0.717) is 13.1 Å². The topological polar surface area (TPSA) is 56.7 Å². The zero-order chi connectivity index (χ0) is 14.6. The number of aromatic nitrogens is 1. The maximum Gasteiger partial charge on any atom is 0.407 e. The van der Waals surface area contributed by atoms with E-state index >= 15 is 0 Å². The number of amides is 1. The average molecular weight is 277 g/mol. The number of carboxylic acid groups (broad SMARTS) is 1. The molecule has 1 aromatic rings. The van der Waals surface area contributed by atoms with Crippen molar-refractivity contribution in [2.45, 2.75) is 24.7 Å². The Morgan fingerprint density at radius 3 is 2.65 bits per heavy atom. The molecule has 5 heteroatoms. The fraction of sp³-hybridized carbons (Fsp3) is 0.600. The van der Waals surface area contributed by atoms with Crippen molar-refractivity contribution >= 4 is 6.09 Å². The minimum absolute atomic E-state index is 0.0600. The summed E-state index contributed by atoms with van der Waals surface area (Å²) in [6.07, 6.45) is 5.70. The Hall–Kier alpha value is -1.62. The zero-order valence-electron chi connectivity index (χ0n) is 12.2. The average Bonchev–Trinajstić information content (AvgIpc) is 2.46. The summed E-state index contributed by atoms with van der Waals surface area (Å²) in [6.45, 7) is 2.22. The molecule has 1 aromatic heterocycles. The molecule has 20 heavy (non-hydrogen) atoms. The van der Waals surface area contributed by atoms with E-state index in [0.717, 1.165) is 25.8 Å². The molecule has 1 aliphatic rings.